The maximum atomic E-state index is 13.9. The molecule has 4 aromatic rings. The number of carbonyl (C=O) groups is 1. The van der Waals surface area contributed by atoms with Crippen molar-refractivity contribution in [1.29, 1.82) is 0 Å². The molecule has 1 aliphatic heterocycles. The van der Waals surface area contributed by atoms with Crippen molar-refractivity contribution in [1.82, 2.24) is 24.4 Å². The highest BCUT2D eigenvalue weighted by molar-refractivity contribution is 6.30. The predicted molar refractivity (Wildman–Crippen MR) is 156 cm³/mol. The molecule has 4 heterocycles. The number of hydrogen-bond acceptors (Lipinski definition) is 6. The number of rotatable bonds is 7. The monoisotopic (exact) mass is 596 g/mol. The number of alkyl halides is 2. The van der Waals surface area contributed by atoms with E-state index in [1.165, 1.54) is 6.07 Å². The molecule has 12 heteroatoms. The number of para-hydroxylation sites is 2. The lowest BCUT2D eigenvalue weighted by atomic mass is 9.85. The highest BCUT2D eigenvalue weighted by atomic mass is 35.5. The number of nitrogens with zero attached hydrogens (tertiary/aromatic N) is 5. The van der Waals surface area contributed by atoms with E-state index in [9.17, 15) is 18.4 Å². The largest absolute Gasteiger partial charge is 0.378 e. The number of anilines is 1. The topological polar surface area (TPSA) is 94.3 Å². The predicted octanol–water partition coefficient (Wildman–Crippen LogP) is 5.00. The zero-order valence-electron chi connectivity index (χ0n) is 22.9. The summed E-state index contributed by atoms with van der Waals surface area (Å²) in [7, 11) is 0. The van der Waals surface area contributed by atoms with Gasteiger partial charge in [0.2, 0.25) is 0 Å². The van der Waals surface area contributed by atoms with Crippen molar-refractivity contribution < 1.29 is 18.3 Å². The number of imidazole rings is 1. The average molecular weight is 597 g/mol. The number of fused-ring (bicyclic) bond motifs is 1. The highest BCUT2D eigenvalue weighted by Gasteiger charge is 2.27. The van der Waals surface area contributed by atoms with Gasteiger partial charge in [-0.15, -0.1) is 0 Å². The van der Waals surface area contributed by atoms with E-state index in [-0.39, 0.29) is 28.2 Å². The molecule has 1 aliphatic carbocycles. The minimum Gasteiger partial charge on any atom is -0.378 e. The molecule has 6 rings (SSSR count). The van der Waals surface area contributed by atoms with Gasteiger partial charge in [0.05, 0.1) is 40.5 Å². The van der Waals surface area contributed by atoms with Gasteiger partial charge in [-0.05, 0) is 55.9 Å². The van der Waals surface area contributed by atoms with Crippen LogP contribution in [0.15, 0.2) is 59.7 Å². The number of hydrogen-bond donors (Lipinski definition) is 1. The molecule has 2 aliphatic rings. The Balaban J connectivity index is 1.17. The van der Waals surface area contributed by atoms with Crippen LogP contribution >= 0.6 is 11.6 Å². The van der Waals surface area contributed by atoms with Crippen molar-refractivity contribution >= 4 is 34.4 Å². The molecule has 1 aromatic carbocycles. The van der Waals surface area contributed by atoms with Crippen molar-refractivity contribution in [2.45, 2.75) is 44.7 Å². The molecule has 3 aromatic heterocycles. The summed E-state index contributed by atoms with van der Waals surface area (Å²) in [6, 6.07) is 12.6. The molecule has 2 fully saturated rings. The van der Waals surface area contributed by atoms with Gasteiger partial charge in [-0.3, -0.25) is 18.9 Å². The summed E-state index contributed by atoms with van der Waals surface area (Å²) >= 11 is 5.92. The van der Waals surface area contributed by atoms with Gasteiger partial charge in [-0.1, -0.05) is 23.7 Å². The molecule has 220 valence electrons. The van der Waals surface area contributed by atoms with Crippen LogP contribution in [-0.2, 0) is 11.3 Å². The smallest absolute Gasteiger partial charge is 0.333 e. The van der Waals surface area contributed by atoms with E-state index in [4.69, 9.17) is 16.3 Å². The molecule has 0 atom stereocenters. The number of ether oxygens (including phenoxy) is 1. The second kappa shape index (κ2) is 12.2. The Hall–Kier alpha value is -3.83. The maximum absolute atomic E-state index is 13.9. The van der Waals surface area contributed by atoms with Gasteiger partial charge in [0.15, 0.2) is 0 Å². The van der Waals surface area contributed by atoms with Gasteiger partial charge in [0.1, 0.15) is 11.5 Å². The summed E-state index contributed by atoms with van der Waals surface area (Å²) in [5, 5.41) is 3.01. The lowest BCUT2D eigenvalue weighted by Gasteiger charge is -2.29. The van der Waals surface area contributed by atoms with Crippen molar-refractivity contribution in [2.75, 3.05) is 31.2 Å². The molecule has 9 nitrogen and oxygen atoms in total. The van der Waals surface area contributed by atoms with Crippen LogP contribution in [0, 0.1) is 5.92 Å². The first-order valence-electron chi connectivity index (χ1n) is 14.1. The van der Waals surface area contributed by atoms with E-state index in [1.807, 2.05) is 41.0 Å². The summed E-state index contributed by atoms with van der Waals surface area (Å²) in [5.74, 6) is 0.437. The van der Waals surface area contributed by atoms with E-state index in [0.717, 1.165) is 54.7 Å². The van der Waals surface area contributed by atoms with Crippen LogP contribution < -0.4 is 15.9 Å². The van der Waals surface area contributed by atoms with Gasteiger partial charge in [-0.25, -0.2) is 18.6 Å². The molecule has 0 bridgehead atoms. The minimum atomic E-state index is -2.88. The van der Waals surface area contributed by atoms with Crippen LogP contribution in [0.3, 0.4) is 0 Å². The molecule has 0 spiro atoms. The third kappa shape index (κ3) is 5.76. The van der Waals surface area contributed by atoms with Crippen LogP contribution in [0.25, 0.3) is 16.7 Å². The molecular weight excluding hydrogens is 566 g/mol. The van der Waals surface area contributed by atoms with Crippen molar-refractivity contribution in [3.63, 3.8) is 0 Å². The van der Waals surface area contributed by atoms with Gasteiger partial charge >= 0.3 is 5.69 Å². The van der Waals surface area contributed by atoms with Crippen molar-refractivity contribution in [3.05, 3.63) is 81.6 Å². The zero-order chi connectivity index (χ0) is 29.2. The Labute approximate surface area is 246 Å². The van der Waals surface area contributed by atoms with E-state index in [2.05, 4.69) is 20.2 Å². The molecule has 1 N–H and O–H groups in total. The number of morpholine rings is 1. The maximum Gasteiger partial charge on any atom is 0.333 e. The molecule has 42 heavy (non-hydrogen) atoms. The fraction of sp³-hybridized carbons (Fsp3) is 0.400. The number of carbonyl (C=O) groups excluding carboxylic acids is 1. The Morgan fingerprint density at radius 1 is 1.05 bits per heavy atom. The Bertz CT molecular complexity index is 1640. The Kier molecular flexibility index (Phi) is 8.21. The summed E-state index contributed by atoms with van der Waals surface area (Å²) in [4.78, 5) is 37.0. The summed E-state index contributed by atoms with van der Waals surface area (Å²) in [6.45, 7) is 3.33. The van der Waals surface area contributed by atoms with Gasteiger partial charge < -0.3 is 15.0 Å². The summed E-state index contributed by atoms with van der Waals surface area (Å²) in [5.41, 5.74) is 1.55. The quantitative estimate of drug-likeness (QED) is 0.323. The molecule has 1 saturated heterocycles. The number of aromatic nitrogens is 4. The molecule has 0 radical (unpaired) electrons. The first-order chi connectivity index (χ1) is 20.4. The fourth-order valence-electron chi connectivity index (χ4n) is 5.96. The minimum absolute atomic E-state index is 0.112. The number of nitrogens with one attached hydrogen (secondary N) is 1. The normalized spacial score (nSPS) is 19.4. The number of benzene rings is 1. The average Bonchev–Trinajstić information content (AvgIpc) is 3.29. The second-order valence-electron chi connectivity index (χ2n) is 10.8. The van der Waals surface area contributed by atoms with Gasteiger partial charge in [-0.2, -0.15) is 0 Å². The SMILES string of the molecule is O=C(N[C@H]1CC[C@H](Cn2c(=O)n(-c3ccnc(N4CCOCC4)c3)c3ccccc32)CC1)c1cc(Cl)cnc1C(F)F. The van der Waals surface area contributed by atoms with Gasteiger partial charge in [0, 0.05) is 44.1 Å². The summed E-state index contributed by atoms with van der Waals surface area (Å²) in [6.07, 6.45) is 2.88. The fourth-order valence-corrected chi connectivity index (χ4v) is 6.12. The Morgan fingerprint density at radius 3 is 2.52 bits per heavy atom. The lowest BCUT2D eigenvalue weighted by Crippen LogP contribution is -2.39. The number of pyridine rings is 2. The van der Waals surface area contributed by atoms with Crippen LogP contribution in [-0.4, -0.2) is 57.4 Å². The van der Waals surface area contributed by atoms with Crippen molar-refractivity contribution in [2.24, 2.45) is 5.92 Å². The van der Waals surface area contributed by atoms with E-state index >= 15 is 0 Å². The zero-order valence-corrected chi connectivity index (χ0v) is 23.6. The van der Waals surface area contributed by atoms with Gasteiger partial charge in [0.25, 0.3) is 12.3 Å². The van der Waals surface area contributed by atoms with E-state index in [0.29, 0.717) is 32.6 Å². The van der Waals surface area contributed by atoms with Crippen LogP contribution in [0.2, 0.25) is 5.02 Å². The molecule has 0 unspecified atom stereocenters. The molecule has 1 amide bonds. The second-order valence-corrected chi connectivity index (χ2v) is 11.2. The third-order valence-electron chi connectivity index (χ3n) is 8.12. The van der Waals surface area contributed by atoms with Crippen LogP contribution in [0.5, 0.6) is 0 Å². The standard InChI is InChI=1S/C30H31ClF2N6O3/c31-20-15-23(27(28(32)33)35-17-20)29(40)36-21-7-5-19(6-8-21)18-38-24-3-1-2-4-25(24)39(30(38)41)22-9-10-34-26(16-22)37-11-13-42-14-12-37/h1-4,9-10,15-17,19,21,28H,5-8,11-14,18H2,(H,36,40)/t19-,21-. The number of amides is 1. The highest BCUT2D eigenvalue weighted by Crippen LogP contribution is 2.29. The molecule has 1 saturated carbocycles. The number of halogens is 3. The summed E-state index contributed by atoms with van der Waals surface area (Å²) < 4.78 is 35.8. The molecular formula is C30H31ClF2N6O3. The first-order valence-corrected chi connectivity index (χ1v) is 14.5. The van der Waals surface area contributed by atoms with E-state index in [1.54, 1.807) is 10.8 Å². The lowest BCUT2D eigenvalue weighted by molar-refractivity contribution is 0.0904. The van der Waals surface area contributed by atoms with Crippen molar-refractivity contribution in [3.8, 4) is 5.69 Å². The third-order valence-corrected chi connectivity index (χ3v) is 8.32. The Morgan fingerprint density at radius 2 is 1.79 bits per heavy atom. The van der Waals surface area contributed by atoms with Crippen LogP contribution in [0.4, 0.5) is 14.6 Å². The van der Waals surface area contributed by atoms with E-state index < -0.39 is 18.0 Å². The first kappa shape index (κ1) is 28.3. The van der Waals surface area contributed by atoms with Crippen LogP contribution in [0.1, 0.15) is 48.2 Å².